The Morgan fingerprint density at radius 1 is 1.30 bits per heavy atom. The predicted molar refractivity (Wildman–Crippen MR) is 74.6 cm³/mol. The monoisotopic (exact) mass is 276 g/mol. The Hall–Kier alpha value is -1.55. The first-order valence-electron chi connectivity index (χ1n) is 6.97. The highest BCUT2D eigenvalue weighted by atomic mass is 16.5. The molecule has 2 heterocycles. The Bertz CT molecular complexity index is 549. The molecule has 0 radical (unpaired) electrons. The Morgan fingerprint density at radius 3 is 2.80 bits per heavy atom. The number of benzene rings is 1. The fourth-order valence-electron chi connectivity index (χ4n) is 3.27. The molecule has 2 aliphatic rings. The molecule has 1 saturated heterocycles. The fraction of sp³-hybridized carbons (Fsp3) is 0.562. The minimum atomic E-state index is -0.416. The van der Waals surface area contributed by atoms with E-state index in [0.717, 1.165) is 12.8 Å². The maximum Gasteiger partial charge on any atom is 0.170 e. The maximum absolute atomic E-state index is 12.5. The lowest BCUT2D eigenvalue weighted by molar-refractivity contribution is -0.134. The van der Waals surface area contributed by atoms with Crippen LogP contribution in [0.15, 0.2) is 18.2 Å². The van der Waals surface area contributed by atoms with Crippen molar-refractivity contribution in [2.24, 2.45) is 0 Å². The molecule has 4 nitrogen and oxygen atoms in total. The number of carbonyl (C=O) groups excluding carboxylic acids is 1. The van der Waals surface area contributed by atoms with Gasteiger partial charge in [-0.15, -0.1) is 0 Å². The van der Waals surface area contributed by atoms with E-state index in [1.165, 1.54) is 0 Å². The number of hydrogen-bond donors (Lipinski definition) is 0. The van der Waals surface area contributed by atoms with Gasteiger partial charge in [0.2, 0.25) is 0 Å². The molecule has 0 saturated carbocycles. The SMILES string of the molecule is COc1ccc2c(c1)C(=O)CC1(CCOC(C)(C)C1)O2. The molecular formula is C16H20O4. The molecule has 1 atom stereocenters. The van der Waals surface area contributed by atoms with E-state index >= 15 is 0 Å². The Morgan fingerprint density at radius 2 is 2.10 bits per heavy atom. The smallest absolute Gasteiger partial charge is 0.170 e. The quantitative estimate of drug-likeness (QED) is 0.791. The second kappa shape index (κ2) is 4.48. The average Bonchev–Trinajstić information content (AvgIpc) is 2.37. The molecule has 2 aliphatic heterocycles. The zero-order valence-electron chi connectivity index (χ0n) is 12.2. The first-order valence-corrected chi connectivity index (χ1v) is 6.97. The third kappa shape index (κ3) is 2.29. The van der Waals surface area contributed by atoms with Crippen molar-refractivity contribution in [2.75, 3.05) is 13.7 Å². The third-order valence-electron chi connectivity index (χ3n) is 4.09. The number of fused-ring (bicyclic) bond motifs is 1. The van der Waals surface area contributed by atoms with Gasteiger partial charge in [0.1, 0.15) is 17.1 Å². The molecule has 108 valence electrons. The standard InChI is InChI=1S/C16H20O4/c1-15(2)10-16(6-7-19-15)9-13(17)12-8-11(18-3)4-5-14(12)20-16/h4-5,8H,6-7,9-10H2,1-3H3. The van der Waals surface area contributed by atoms with Crippen LogP contribution in [0.25, 0.3) is 0 Å². The zero-order valence-corrected chi connectivity index (χ0v) is 12.2. The van der Waals surface area contributed by atoms with E-state index in [1.54, 1.807) is 13.2 Å². The van der Waals surface area contributed by atoms with E-state index in [2.05, 4.69) is 0 Å². The van der Waals surface area contributed by atoms with Crippen molar-refractivity contribution in [3.05, 3.63) is 23.8 Å². The van der Waals surface area contributed by atoms with Gasteiger partial charge in [-0.05, 0) is 32.0 Å². The molecule has 3 rings (SSSR count). The second-order valence-corrected chi connectivity index (χ2v) is 6.28. The van der Waals surface area contributed by atoms with Gasteiger partial charge in [0.25, 0.3) is 0 Å². The summed E-state index contributed by atoms with van der Waals surface area (Å²) in [6, 6.07) is 5.42. The van der Waals surface area contributed by atoms with Crippen molar-refractivity contribution >= 4 is 5.78 Å². The minimum absolute atomic E-state index is 0.128. The van der Waals surface area contributed by atoms with Gasteiger partial charge in [-0.1, -0.05) is 0 Å². The largest absolute Gasteiger partial charge is 0.497 e. The third-order valence-corrected chi connectivity index (χ3v) is 4.09. The van der Waals surface area contributed by atoms with Crippen LogP contribution in [0.1, 0.15) is 43.5 Å². The molecule has 0 bridgehead atoms. The summed E-state index contributed by atoms with van der Waals surface area (Å²) in [4.78, 5) is 12.5. The molecule has 1 unspecified atom stereocenters. The molecule has 0 amide bonds. The van der Waals surface area contributed by atoms with E-state index in [9.17, 15) is 4.79 Å². The number of carbonyl (C=O) groups is 1. The molecule has 4 heteroatoms. The number of ketones is 1. The molecule has 1 aromatic rings. The Balaban J connectivity index is 1.94. The van der Waals surface area contributed by atoms with Crippen LogP contribution in [0.4, 0.5) is 0 Å². The summed E-state index contributed by atoms with van der Waals surface area (Å²) >= 11 is 0. The number of Topliss-reactive ketones (excluding diaryl/α,β-unsaturated/α-hetero) is 1. The Labute approximate surface area is 119 Å². The summed E-state index contributed by atoms with van der Waals surface area (Å²) in [7, 11) is 1.60. The van der Waals surface area contributed by atoms with Gasteiger partial charge < -0.3 is 14.2 Å². The van der Waals surface area contributed by atoms with Gasteiger partial charge in [0, 0.05) is 12.8 Å². The van der Waals surface area contributed by atoms with Gasteiger partial charge in [-0.25, -0.2) is 0 Å². The molecule has 0 aromatic heterocycles. The summed E-state index contributed by atoms with van der Waals surface area (Å²) in [5, 5.41) is 0. The minimum Gasteiger partial charge on any atom is -0.497 e. The van der Waals surface area contributed by atoms with Crippen LogP contribution >= 0.6 is 0 Å². The van der Waals surface area contributed by atoms with Crippen LogP contribution in [-0.2, 0) is 4.74 Å². The van der Waals surface area contributed by atoms with Crippen LogP contribution in [0.3, 0.4) is 0 Å². The molecule has 1 fully saturated rings. The lowest BCUT2D eigenvalue weighted by Gasteiger charge is -2.46. The van der Waals surface area contributed by atoms with Crippen molar-refractivity contribution < 1.29 is 19.0 Å². The molecule has 1 spiro atoms. The molecule has 0 aliphatic carbocycles. The normalized spacial score (nSPS) is 27.9. The zero-order chi connectivity index (χ0) is 14.4. The van der Waals surface area contributed by atoms with Crippen molar-refractivity contribution in [1.82, 2.24) is 0 Å². The topological polar surface area (TPSA) is 44.8 Å². The highest BCUT2D eigenvalue weighted by Gasteiger charge is 2.47. The fourth-order valence-corrected chi connectivity index (χ4v) is 3.27. The summed E-state index contributed by atoms with van der Waals surface area (Å²) in [5.74, 6) is 1.48. The van der Waals surface area contributed by atoms with Crippen LogP contribution in [0, 0.1) is 0 Å². The van der Waals surface area contributed by atoms with E-state index in [0.29, 0.717) is 30.1 Å². The van der Waals surface area contributed by atoms with Crippen molar-refractivity contribution in [3.63, 3.8) is 0 Å². The van der Waals surface area contributed by atoms with Crippen LogP contribution < -0.4 is 9.47 Å². The van der Waals surface area contributed by atoms with E-state index in [4.69, 9.17) is 14.2 Å². The van der Waals surface area contributed by atoms with Crippen molar-refractivity contribution in [3.8, 4) is 11.5 Å². The van der Waals surface area contributed by atoms with Crippen molar-refractivity contribution in [2.45, 2.75) is 44.3 Å². The maximum atomic E-state index is 12.5. The summed E-state index contributed by atoms with van der Waals surface area (Å²) in [5.41, 5.74) is -0.0394. The van der Waals surface area contributed by atoms with Gasteiger partial charge in [0.15, 0.2) is 5.78 Å². The summed E-state index contributed by atoms with van der Waals surface area (Å²) in [6.45, 7) is 4.72. The van der Waals surface area contributed by atoms with Crippen LogP contribution in [0.2, 0.25) is 0 Å². The number of hydrogen-bond acceptors (Lipinski definition) is 4. The Kier molecular flexibility index (Phi) is 3.01. The molecular weight excluding hydrogens is 256 g/mol. The summed E-state index contributed by atoms with van der Waals surface area (Å²) < 4.78 is 17.1. The summed E-state index contributed by atoms with van der Waals surface area (Å²) in [6.07, 6.45) is 1.91. The van der Waals surface area contributed by atoms with Gasteiger partial charge >= 0.3 is 0 Å². The molecule has 1 aromatic carbocycles. The van der Waals surface area contributed by atoms with Gasteiger partial charge in [-0.3, -0.25) is 4.79 Å². The lowest BCUT2D eigenvalue weighted by Crippen LogP contribution is -2.52. The van der Waals surface area contributed by atoms with E-state index < -0.39 is 5.60 Å². The first kappa shape index (κ1) is 13.4. The predicted octanol–water partition coefficient (Wildman–Crippen LogP) is 2.99. The van der Waals surface area contributed by atoms with Gasteiger partial charge in [0.05, 0.1) is 31.3 Å². The number of ether oxygens (including phenoxy) is 3. The van der Waals surface area contributed by atoms with E-state index in [-0.39, 0.29) is 11.4 Å². The number of rotatable bonds is 1. The van der Waals surface area contributed by atoms with E-state index in [1.807, 2.05) is 26.0 Å². The highest BCUT2D eigenvalue weighted by molar-refractivity contribution is 6.00. The number of methoxy groups -OCH3 is 1. The molecule has 20 heavy (non-hydrogen) atoms. The van der Waals surface area contributed by atoms with Gasteiger partial charge in [-0.2, -0.15) is 0 Å². The highest BCUT2D eigenvalue weighted by Crippen LogP contribution is 2.43. The first-order chi connectivity index (χ1) is 9.43. The lowest BCUT2D eigenvalue weighted by atomic mass is 9.78. The van der Waals surface area contributed by atoms with Crippen LogP contribution in [0.5, 0.6) is 11.5 Å². The second-order valence-electron chi connectivity index (χ2n) is 6.28. The average molecular weight is 276 g/mol. The van der Waals surface area contributed by atoms with Crippen molar-refractivity contribution in [1.29, 1.82) is 0 Å². The van der Waals surface area contributed by atoms with Crippen LogP contribution in [-0.4, -0.2) is 30.7 Å². The molecule has 0 N–H and O–H groups in total.